The Labute approximate surface area is 84.8 Å². The molecule has 0 radical (unpaired) electrons. The van der Waals surface area contributed by atoms with E-state index in [2.05, 4.69) is 6.58 Å². The molecule has 1 aromatic rings. The van der Waals surface area contributed by atoms with E-state index < -0.39 is 5.60 Å². The Hall–Kier alpha value is -1.28. The molecule has 0 aromatic heterocycles. The topological polar surface area (TPSA) is 29.5 Å². The molecule has 2 nitrogen and oxygen atoms in total. The van der Waals surface area contributed by atoms with Crippen molar-refractivity contribution in [3.63, 3.8) is 0 Å². The highest BCUT2D eigenvalue weighted by atomic mass is 16.5. The summed E-state index contributed by atoms with van der Waals surface area (Å²) < 4.78 is 5.04. The van der Waals surface area contributed by atoms with Crippen LogP contribution in [-0.4, -0.2) is 12.2 Å². The lowest BCUT2D eigenvalue weighted by molar-refractivity contribution is 0.0606. The smallest absolute Gasteiger partial charge is 0.118 e. The molecule has 0 bridgehead atoms. The van der Waals surface area contributed by atoms with Gasteiger partial charge in [-0.3, -0.25) is 0 Å². The molecular formula is C12H16O2. The van der Waals surface area contributed by atoms with Gasteiger partial charge in [0.2, 0.25) is 0 Å². The van der Waals surface area contributed by atoms with Crippen LogP contribution in [0.15, 0.2) is 36.9 Å². The van der Waals surface area contributed by atoms with E-state index in [1.54, 1.807) is 20.1 Å². The summed E-state index contributed by atoms with van der Waals surface area (Å²) in [5, 5.41) is 10.0. The van der Waals surface area contributed by atoms with Gasteiger partial charge in [0.05, 0.1) is 12.7 Å². The van der Waals surface area contributed by atoms with Gasteiger partial charge in [-0.05, 0) is 31.0 Å². The molecule has 76 valence electrons. The van der Waals surface area contributed by atoms with Gasteiger partial charge in [0.25, 0.3) is 0 Å². The van der Waals surface area contributed by atoms with Crippen LogP contribution in [0.2, 0.25) is 0 Å². The van der Waals surface area contributed by atoms with Crippen molar-refractivity contribution >= 4 is 0 Å². The normalized spacial score (nSPS) is 14.5. The summed E-state index contributed by atoms with van der Waals surface area (Å²) in [6.07, 6.45) is 2.25. The summed E-state index contributed by atoms with van der Waals surface area (Å²) in [7, 11) is 1.62. The summed E-state index contributed by atoms with van der Waals surface area (Å²) >= 11 is 0. The van der Waals surface area contributed by atoms with Crippen LogP contribution in [0.1, 0.15) is 18.9 Å². The summed E-state index contributed by atoms with van der Waals surface area (Å²) in [5.74, 6) is 0.795. The van der Waals surface area contributed by atoms with Crippen molar-refractivity contribution in [3.05, 3.63) is 42.5 Å². The lowest BCUT2D eigenvalue weighted by Gasteiger charge is -2.22. The van der Waals surface area contributed by atoms with Gasteiger partial charge in [-0.1, -0.05) is 18.2 Å². The molecule has 0 aliphatic rings. The molecule has 1 aromatic carbocycles. The van der Waals surface area contributed by atoms with Crippen LogP contribution in [-0.2, 0) is 5.60 Å². The highest BCUT2D eigenvalue weighted by Crippen LogP contribution is 2.26. The van der Waals surface area contributed by atoms with E-state index in [-0.39, 0.29) is 0 Å². The molecule has 0 amide bonds. The van der Waals surface area contributed by atoms with Crippen molar-refractivity contribution in [2.75, 3.05) is 7.11 Å². The van der Waals surface area contributed by atoms with Crippen molar-refractivity contribution in [3.8, 4) is 5.75 Å². The Balaban J connectivity index is 2.90. The second-order valence-electron chi connectivity index (χ2n) is 3.50. The average Bonchev–Trinajstić information content (AvgIpc) is 2.18. The zero-order valence-electron chi connectivity index (χ0n) is 8.66. The van der Waals surface area contributed by atoms with Gasteiger partial charge >= 0.3 is 0 Å². The maximum absolute atomic E-state index is 10.0. The predicted octanol–water partition coefficient (Wildman–Crippen LogP) is 2.48. The SMILES string of the molecule is C=CCC(C)(O)c1ccc(OC)cc1. The zero-order chi connectivity index (χ0) is 10.6. The summed E-state index contributed by atoms with van der Waals surface area (Å²) in [6, 6.07) is 7.41. The summed E-state index contributed by atoms with van der Waals surface area (Å²) in [5.41, 5.74) is 0.0341. The van der Waals surface area contributed by atoms with Crippen LogP contribution in [0.3, 0.4) is 0 Å². The Morgan fingerprint density at radius 3 is 2.43 bits per heavy atom. The van der Waals surface area contributed by atoms with E-state index in [0.717, 1.165) is 11.3 Å². The van der Waals surface area contributed by atoms with Gasteiger partial charge in [0.1, 0.15) is 5.75 Å². The molecule has 0 saturated carbocycles. The van der Waals surface area contributed by atoms with Crippen LogP contribution in [0, 0.1) is 0 Å². The zero-order valence-corrected chi connectivity index (χ0v) is 8.66. The highest BCUT2D eigenvalue weighted by molar-refractivity contribution is 5.30. The minimum Gasteiger partial charge on any atom is -0.497 e. The van der Waals surface area contributed by atoms with Crippen LogP contribution >= 0.6 is 0 Å². The van der Waals surface area contributed by atoms with Crippen molar-refractivity contribution < 1.29 is 9.84 Å². The largest absolute Gasteiger partial charge is 0.497 e. The molecular weight excluding hydrogens is 176 g/mol. The van der Waals surface area contributed by atoms with E-state index in [1.165, 1.54) is 0 Å². The Bertz CT molecular complexity index is 299. The number of benzene rings is 1. The molecule has 1 rings (SSSR count). The molecule has 1 atom stereocenters. The first-order valence-corrected chi connectivity index (χ1v) is 4.58. The number of aliphatic hydroxyl groups is 1. The number of hydrogen-bond donors (Lipinski definition) is 1. The van der Waals surface area contributed by atoms with Crippen molar-refractivity contribution in [1.29, 1.82) is 0 Å². The van der Waals surface area contributed by atoms with Gasteiger partial charge in [0.15, 0.2) is 0 Å². The number of hydrogen-bond acceptors (Lipinski definition) is 2. The molecule has 0 saturated heterocycles. The maximum Gasteiger partial charge on any atom is 0.118 e. The third-order valence-electron chi connectivity index (χ3n) is 2.25. The van der Waals surface area contributed by atoms with Gasteiger partial charge in [-0.15, -0.1) is 6.58 Å². The lowest BCUT2D eigenvalue weighted by Crippen LogP contribution is -2.19. The second-order valence-corrected chi connectivity index (χ2v) is 3.50. The number of rotatable bonds is 4. The van der Waals surface area contributed by atoms with Crippen LogP contribution in [0.4, 0.5) is 0 Å². The molecule has 0 aliphatic heterocycles. The number of ether oxygens (including phenoxy) is 1. The van der Waals surface area contributed by atoms with E-state index in [0.29, 0.717) is 6.42 Å². The molecule has 14 heavy (non-hydrogen) atoms. The second kappa shape index (κ2) is 4.29. The maximum atomic E-state index is 10.0. The average molecular weight is 192 g/mol. The lowest BCUT2D eigenvalue weighted by atomic mass is 9.93. The van der Waals surface area contributed by atoms with Crippen molar-refractivity contribution in [2.24, 2.45) is 0 Å². The van der Waals surface area contributed by atoms with Crippen LogP contribution in [0.25, 0.3) is 0 Å². The molecule has 2 heteroatoms. The van der Waals surface area contributed by atoms with Gasteiger partial charge in [-0.2, -0.15) is 0 Å². The first-order chi connectivity index (χ1) is 6.60. The molecule has 0 fully saturated rings. The Kier molecular flexibility index (Phi) is 3.31. The van der Waals surface area contributed by atoms with Gasteiger partial charge in [-0.25, -0.2) is 0 Å². The quantitative estimate of drug-likeness (QED) is 0.743. The molecule has 0 spiro atoms. The van der Waals surface area contributed by atoms with Crippen molar-refractivity contribution in [2.45, 2.75) is 18.9 Å². The monoisotopic (exact) mass is 192 g/mol. The molecule has 1 unspecified atom stereocenters. The van der Waals surface area contributed by atoms with Crippen LogP contribution in [0.5, 0.6) is 5.75 Å². The first-order valence-electron chi connectivity index (χ1n) is 4.58. The Morgan fingerprint density at radius 2 is 2.00 bits per heavy atom. The molecule has 0 aliphatic carbocycles. The molecule has 0 heterocycles. The van der Waals surface area contributed by atoms with Crippen LogP contribution < -0.4 is 4.74 Å². The molecule has 1 N–H and O–H groups in total. The number of methoxy groups -OCH3 is 1. The minimum absolute atomic E-state index is 0.541. The third-order valence-corrected chi connectivity index (χ3v) is 2.25. The first kappa shape index (κ1) is 10.8. The summed E-state index contributed by atoms with van der Waals surface area (Å²) in [6.45, 7) is 5.39. The fourth-order valence-corrected chi connectivity index (χ4v) is 1.35. The van der Waals surface area contributed by atoms with Gasteiger partial charge in [0, 0.05) is 0 Å². The van der Waals surface area contributed by atoms with Gasteiger partial charge < -0.3 is 9.84 Å². The third kappa shape index (κ3) is 2.36. The predicted molar refractivity (Wildman–Crippen MR) is 57.4 cm³/mol. The van der Waals surface area contributed by atoms with E-state index in [4.69, 9.17) is 4.74 Å². The van der Waals surface area contributed by atoms with Crippen molar-refractivity contribution in [1.82, 2.24) is 0 Å². The van der Waals surface area contributed by atoms with E-state index >= 15 is 0 Å². The standard InChI is InChI=1S/C12H16O2/c1-4-9-12(2,13)10-5-7-11(14-3)8-6-10/h4-8,13H,1,9H2,2-3H3. The fourth-order valence-electron chi connectivity index (χ4n) is 1.35. The van der Waals surface area contributed by atoms with E-state index in [1.807, 2.05) is 24.3 Å². The van der Waals surface area contributed by atoms with E-state index in [9.17, 15) is 5.11 Å². The highest BCUT2D eigenvalue weighted by Gasteiger charge is 2.20. The fraction of sp³-hybridized carbons (Fsp3) is 0.333. The summed E-state index contributed by atoms with van der Waals surface area (Å²) in [4.78, 5) is 0. The minimum atomic E-state index is -0.839. The Morgan fingerprint density at radius 1 is 1.43 bits per heavy atom.